The highest BCUT2D eigenvalue weighted by Gasteiger charge is 2.33. The maximum Gasteiger partial charge on any atom is 0.310 e. The number of aromatic nitrogens is 1. The van der Waals surface area contributed by atoms with Crippen LogP contribution in [0.3, 0.4) is 0 Å². The summed E-state index contributed by atoms with van der Waals surface area (Å²) in [5, 5.41) is 0. The van der Waals surface area contributed by atoms with E-state index in [9.17, 15) is 9.59 Å². The Bertz CT molecular complexity index is 585. The third kappa shape index (κ3) is 4.30. The molecule has 2 aliphatic heterocycles. The van der Waals surface area contributed by atoms with E-state index < -0.39 is 0 Å². The molecule has 0 radical (unpaired) electrons. The molecule has 136 valence electrons. The average Bonchev–Trinajstić information content (AvgIpc) is 2.68. The predicted octanol–water partition coefficient (Wildman–Crippen LogP) is 2.10. The molecule has 0 aliphatic carbocycles. The largest absolute Gasteiger partial charge is 0.466 e. The standard InChI is InChI=1S/C19H27N3O3/c1-2-25-19(24)16-4-3-11-22(14-16)18(23)15-7-12-21(13-8-15)17-5-9-20-10-6-17/h5-6,9-10,15-16H,2-4,7-8,11-14H2,1H3. The zero-order valence-corrected chi connectivity index (χ0v) is 14.9. The Hall–Kier alpha value is -2.11. The summed E-state index contributed by atoms with van der Waals surface area (Å²) >= 11 is 0. The van der Waals surface area contributed by atoms with Gasteiger partial charge in [-0.1, -0.05) is 0 Å². The maximum absolute atomic E-state index is 12.9. The second-order valence-corrected chi connectivity index (χ2v) is 6.84. The number of pyridine rings is 1. The third-order valence-electron chi connectivity index (χ3n) is 5.23. The van der Waals surface area contributed by atoms with Crippen LogP contribution in [-0.4, -0.2) is 54.5 Å². The topological polar surface area (TPSA) is 62.7 Å². The van der Waals surface area contributed by atoms with Gasteiger partial charge in [-0.05, 0) is 44.7 Å². The zero-order valence-electron chi connectivity index (χ0n) is 14.9. The summed E-state index contributed by atoms with van der Waals surface area (Å²) in [5.41, 5.74) is 1.17. The van der Waals surface area contributed by atoms with Gasteiger partial charge in [0, 0.05) is 50.2 Å². The molecule has 1 atom stereocenters. The molecule has 0 spiro atoms. The van der Waals surface area contributed by atoms with Crippen molar-refractivity contribution in [2.24, 2.45) is 11.8 Å². The highest BCUT2D eigenvalue weighted by atomic mass is 16.5. The number of ether oxygens (including phenoxy) is 1. The van der Waals surface area contributed by atoms with Gasteiger partial charge in [0.15, 0.2) is 0 Å². The number of hydrogen-bond acceptors (Lipinski definition) is 5. The van der Waals surface area contributed by atoms with Crippen molar-refractivity contribution in [1.29, 1.82) is 0 Å². The van der Waals surface area contributed by atoms with Gasteiger partial charge < -0.3 is 14.5 Å². The van der Waals surface area contributed by atoms with Gasteiger partial charge in [-0.2, -0.15) is 0 Å². The smallest absolute Gasteiger partial charge is 0.310 e. The van der Waals surface area contributed by atoms with Gasteiger partial charge in [-0.15, -0.1) is 0 Å². The first-order chi connectivity index (χ1) is 12.2. The van der Waals surface area contributed by atoms with Gasteiger partial charge >= 0.3 is 5.97 Å². The van der Waals surface area contributed by atoms with Crippen LogP contribution in [0, 0.1) is 11.8 Å². The monoisotopic (exact) mass is 345 g/mol. The van der Waals surface area contributed by atoms with Crippen molar-refractivity contribution in [2.75, 3.05) is 37.7 Å². The Labute approximate surface area is 149 Å². The number of esters is 1. The summed E-state index contributed by atoms with van der Waals surface area (Å²) in [4.78, 5) is 33.1. The molecule has 1 aromatic rings. The number of hydrogen-bond donors (Lipinski definition) is 0. The van der Waals surface area contributed by atoms with Crippen molar-refractivity contribution in [3.8, 4) is 0 Å². The van der Waals surface area contributed by atoms with Gasteiger partial charge in [0.1, 0.15) is 0 Å². The van der Waals surface area contributed by atoms with Crippen molar-refractivity contribution in [1.82, 2.24) is 9.88 Å². The van der Waals surface area contributed by atoms with Crippen LogP contribution in [0.5, 0.6) is 0 Å². The van der Waals surface area contributed by atoms with E-state index in [1.165, 1.54) is 5.69 Å². The predicted molar refractivity (Wildman–Crippen MR) is 95.1 cm³/mol. The number of piperidine rings is 2. The second-order valence-electron chi connectivity index (χ2n) is 6.84. The van der Waals surface area contributed by atoms with Crippen molar-refractivity contribution in [2.45, 2.75) is 32.6 Å². The molecule has 6 heteroatoms. The number of carbonyl (C=O) groups is 2. The van der Waals surface area contributed by atoms with E-state index in [1.807, 2.05) is 24.0 Å². The van der Waals surface area contributed by atoms with Crippen LogP contribution in [0.2, 0.25) is 0 Å². The number of amides is 1. The molecule has 2 saturated heterocycles. The SMILES string of the molecule is CCOC(=O)C1CCCN(C(=O)C2CCN(c3ccncc3)CC2)C1. The molecule has 2 fully saturated rings. The van der Waals surface area contributed by atoms with E-state index >= 15 is 0 Å². The number of anilines is 1. The number of rotatable bonds is 4. The second kappa shape index (κ2) is 8.32. The molecule has 25 heavy (non-hydrogen) atoms. The summed E-state index contributed by atoms with van der Waals surface area (Å²) < 4.78 is 5.13. The molecule has 6 nitrogen and oxygen atoms in total. The Morgan fingerprint density at radius 1 is 1.12 bits per heavy atom. The fourth-order valence-corrected chi connectivity index (χ4v) is 3.83. The Morgan fingerprint density at radius 2 is 1.84 bits per heavy atom. The van der Waals surface area contributed by atoms with Gasteiger partial charge in [0.05, 0.1) is 12.5 Å². The van der Waals surface area contributed by atoms with Crippen LogP contribution in [0.4, 0.5) is 5.69 Å². The first-order valence-corrected chi connectivity index (χ1v) is 9.29. The van der Waals surface area contributed by atoms with Crippen LogP contribution in [-0.2, 0) is 14.3 Å². The van der Waals surface area contributed by atoms with Crippen molar-refractivity contribution >= 4 is 17.6 Å². The quantitative estimate of drug-likeness (QED) is 0.782. The third-order valence-corrected chi connectivity index (χ3v) is 5.23. The number of nitrogens with zero attached hydrogens (tertiary/aromatic N) is 3. The van der Waals surface area contributed by atoms with E-state index in [2.05, 4.69) is 9.88 Å². The highest BCUT2D eigenvalue weighted by molar-refractivity contribution is 5.80. The lowest BCUT2D eigenvalue weighted by Crippen LogP contribution is -2.47. The van der Waals surface area contributed by atoms with Crippen LogP contribution in [0.25, 0.3) is 0 Å². The molecule has 0 aromatic carbocycles. The summed E-state index contributed by atoms with van der Waals surface area (Å²) in [5.74, 6) is -0.0375. The van der Waals surface area contributed by atoms with E-state index in [0.29, 0.717) is 13.2 Å². The zero-order chi connectivity index (χ0) is 17.6. The van der Waals surface area contributed by atoms with Crippen LogP contribution in [0.15, 0.2) is 24.5 Å². The van der Waals surface area contributed by atoms with E-state index in [1.54, 1.807) is 12.4 Å². The van der Waals surface area contributed by atoms with Crippen molar-refractivity contribution in [3.63, 3.8) is 0 Å². The van der Waals surface area contributed by atoms with E-state index in [4.69, 9.17) is 4.74 Å². The minimum absolute atomic E-state index is 0.0685. The fourth-order valence-electron chi connectivity index (χ4n) is 3.83. The molecule has 1 amide bonds. The molecule has 1 unspecified atom stereocenters. The summed E-state index contributed by atoms with van der Waals surface area (Å²) in [6, 6.07) is 4.02. The normalized spacial score (nSPS) is 21.9. The Balaban J connectivity index is 1.53. The highest BCUT2D eigenvalue weighted by Crippen LogP contribution is 2.26. The van der Waals surface area contributed by atoms with Crippen LogP contribution >= 0.6 is 0 Å². The lowest BCUT2D eigenvalue weighted by Gasteiger charge is -2.37. The first kappa shape index (κ1) is 17.7. The van der Waals surface area contributed by atoms with Gasteiger partial charge in [0.25, 0.3) is 0 Å². The van der Waals surface area contributed by atoms with Crippen LogP contribution < -0.4 is 4.90 Å². The number of carbonyl (C=O) groups excluding carboxylic acids is 2. The molecular weight excluding hydrogens is 318 g/mol. The molecule has 0 N–H and O–H groups in total. The van der Waals surface area contributed by atoms with Crippen LogP contribution in [0.1, 0.15) is 32.6 Å². The van der Waals surface area contributed by atoms with E-state index in [-0.39, 0.29) is 23.7 Å². The summed E-state index contributed by atoms with van der Waals surface area (Å²) in [7, 11) is 0. The average molecular weight is 345 g/mol. The first-order valence-electron chi connectivity index (χ1n) is 9.29. The van der Waals surface area contributed by atoms with Gasteiger partial charge in [-0.25, -0.2) is 0 Å². The lowest BCUT2D eigenvalue weighted by molar-refractivity contribution is -0.152. The molecule has 3 heterocycles. The Kier molecular flexibility index (Phi) is 5.89. The molecular formula is C19H27N3O3. The molecule has 0 saturated carbocycles. The minimum atomic E-state index is -0.160. The molecule has 3 rings (SSSR count). The minimum Gasteiger partial charge on any atom is -0.466 e. The van der Waals surface area contributed by atoms with Gasteiger partial charge in [0.2, 0.25) is 5.91 Å². The van der Waals surface area contributed by atoms with Gasteiger partial charge in [-0.3, -0.25) is 14.6 Å². The van der Waals surface area contributed by atoms with E-state index in [0.717, 1.165) is 45.3 Å². The lowest BCUT2D eigenvalue weighted by atomic mass is 9.92. The summed E-state index contributed by atoms with van der Waals surface area (Å²) in [6.07, 6.45) is 7.03. The number of likely N-dealkylation sites (tertiary alicyclic amines) is 1. The molecule has 1 aromatic heterocycles. The molecule has 0 bridgehead atoms. The molecule has 2 aliphatic rings. The summed E-state index contributed by atoms with van der Waals surface area (Å²) in [6.45, 7) is 5.27. The fraction of sp³-hybridized carbons (Fsp3) is 0.632. The van der Waals surface area contributed by atoms with Crippen molar-refractivity contribution in [3.05, 3.63) is 24.5 Å². The maximum atomic E-state index is 12.9. The van der Waals surface area contributed by atoms with Crippen molar-refractivity contribution < 1.29 is 14.3 Å². The Morgan fingerprint density at radius 3 is 2.52 bits per heavy atom.